The summed E-state index contributed by atoms with van der Waals surface area (Å²) in [6.07, 6.45) is 12.2. The van der Waals surface area contributed by atoms with Gasteiger partial charge in [0.25, 0.3) is 0 Å². The van der Waals surface area contributed by atoms with Gasteiger partial charge in [0.05, 0.1) is 0 Å². The van der Waals surface area contributed by atoms with E-state index in [2.05, 4.69) is 45.1 Å². The van der Waals surface area contributed by atoms with E-state index in [1.54, 1.807) is 0 Å². The van der Waals surface area contributed by atoms with E-state index in [4.69, 9.17) is 0 Å². The lowest BCUT2D eigenvalue weighted by Gasteiger charge is -2.19. The van der Waals surface area contributed by atoms with Crippen LogP contribution in [0.3, 0.4) is 0 Å². The fourth-order valence-electron chi connectivity index (χ4n) is 2.87. The van der Waals surface area contributed by atoms with Crippen LogP contribution in [0.2, 0.25) is 0 Å². The highest BCUT2D eigenvalue weighted by atomic mass is 16.1. The van der Waals surface area contributed by atoms with E-state index in [0.29, 0.717) is 6.42 Å². The minimum atomic E-state index is 0.140. The molecule has 1 amide bonds. The van der Waals surface area contributed by atoms with Crippen LogP contribution in [0.5, 0.6) is 0 Å². The average molecular weight is 332 g/mol. The first-order chi connectivity index (χ1) is 11.4. The minimum absolute atomic E-state index is 0.140. The van der Waals surface area contributed by atoms with Crippen molar-refractivity contribution >= 4 is 11.6 Å². The largest absolute Gasteiger partial charge is 0.326 e. The van der Waals surface area contributed by atoms with E-state index < -0.39 is 0 Å². The van der Waals surface area contributed by atoms with Gasteiger partial charge in [0.2, 0.25) is 5.91 Å². The van der Waals surface area contributed by atoms with Crippen LogP contribution in [0.4, 0.5) is 5.69 Å². The number of hydrogen-bond acceptors (Lipinski definition) is 1. The number of rotatable bonds is 11. The SMILES string of the molecule is CCCCCCCCCCCC(=O)Nc1ccc(C(C)(C)C)cc1. The summed E-state index contributed by atoms with van der Waals surface area (Å²) in [6.45, 7) is 8.85. The van der Waals surface area contributed by atoms with Gasteiger partial charge in [-0.05, 0) is 29.5 Å². The van der Waals surface area contributed by atoms with E-state index >= 15 is 0 Å². The second-order valence-electron chi connectivity index (χ2n) is 7.95. The Morgan fingerprint density at radius 2 is 1.33 bits per heavy atom. The molecule has 24 heavy (non-hydrogen) atoms. The van der Waals surface area contributed by atoms with E-state index in [1.165, 1.54) is 56.9 Å². The molecule has 0 saturated heterocycles. The molecular formula is C22H37NO. The smallest absolute Gasteiger partial charge is 0.224 e. The molecule has 0 spiro atoms. The Labute approximate surface area is 149 Å². The standard InChI is InChI=1S/C22H37NO/c1-5-6-7-8-9-10-11-12-13-14-21(24)23-20-17-15-19(16-18-20)22(2,3)4/h15-18H,5-14H2,1-4H3,(H,23,24). The molecule has 0 fully saturated rings. The normalized spacial score (nSPS) is 11.5. The Bertz CT molecular complexity index is 456. The summed E-state index contributed by atoms with van der Waals surface area (Å²) in [7, 11) is 0. The van der Waals surface area contributed by atoms with Crippen molar-refractivity contribution in [3.8, 4) is 0 Å². The number of hydrogen-bond donors (Lipinski definition) is 1. The van der Waals surface area contributed by atoms with Crippen molar-refractivity contribution < 1.29 is 4.79 Å². The zero-order valence-electron chi connectivity index (χ0n) is 16.3. The first kappa shape index (κ1) is 20.7. The molecule has 1 N–H and O–H groups in total. The number of benzene rings is 1. The first-order valence-corrected chi connectivity index (χ1v) is 9.84. The molecule has 0 heterocycles. The monoisotopic (exact) mass is 331 g/mol. The highest BCUT2D eigenvalue weighted by Gasteiger charge is 2.13. The summed E-state index contributed by atoms with van der Waals surface area (Å²) in [5.74, 6) is 0.140. The molecule has 0 aliphatic rings. The lowest BCUT2D eigenvalue weighted by Crippen LogP contribution is -2.13. The van der Waals surface area contributed by atoms with Gasteiger partial charge in [0, 0.05) is 12.1 Å². The highest BCUT2D eigenvalue weighted by Crippen LogP contribution is 2.23. The molecule has 1 aromatic carbocycles. The van der Waals surface area contributed by atoms with E-state index in [-0.39, 0.29) is 11.3 Å². The molecule has 0 aliphatic carbocycles. The summed E-state index contributed by atoms with van der Waals surface area (Å²) in [4.78, 5) is 12.0. The Balaban J connectivity index is 2.12. The predicted octanol–water partition coefficient (Wildman–Crippen LogP) is 6.84. The fourth-order valence-corrected chi connectivity index (χ4v) is 2.87. The molecule has 1 rings (SSSR count). The van der Waals surface area contributed by atoms with Crippen molar-refractivity contribution in [2.45, 2.75) is 97.3 Å². The molecule has 0 aliphatic heterocycles. The summed E-state index contributed by atoms with van der Waals surface area (Å²) in [5.41, 5.74) is 2.35. The Morgan fingerprint density at radius 1 is 0.833 bits per heavy atom. The second-order valence-corrected chi connectivity index (χ2v) is 7.95. The third-order valence-electron chi connectivity index (χ3n) is 4.54. The zero-order chi connectivity index (χ0) is 17.8. The molecule has 2 nitrogen and oxygen atoms in total. The number of anilines is 1. The number of nitrogens with one attached hydrogen (secondary N) is 1. The predicted molar refractivity (Wildman–Crippen MR) is 106 cm³/mol. The molecule has 0 aromatic heterocycles. The number of carbonyl (C=O) groups excluding carboxylic acids is 1. The van der Waals surface area contributed by atoms with Gasteiger partial charge in [-0.25, -0.2) is 0 Å². The van der Waals surface area contributed by atoms with Crippen LogP contribution in [0.1, 0.15) is 97.5 Å². The molecule has 2 heteroatoms. The molecule has 0 saturated carbocycles. The average Bonchev–Trinajstić information content (AvgIpc) is 2.53. The van der Waals surface area contributed by atoms with E-state index in [1.807, 2.05) is 12.1 Å². The van der Waals surface area contributed by atoms with Gasteiger partial charge in [0.1, 0.15) is 0 Å². The van der Waals surface area contributed by atoms with Crippen LogP contribution in [0.15, 0.2) is 24.3 Å². The van der Waals surface area contributed by atoms with Gasteiger partial charge < -0.3 is 5.32 Å². The summed E-state index contributed by atoms with van der Waals surface area (Å²) in [6, 6.07) is 8.23. The Hall–Kier alpha value is -1.31. The quantitative estimate of drug-likeness (QED) is 0.442. The van der Waals surface area contributed by atoms with Crippen molar-refractivity contribution in [1.82, 2.24) is 0 Å². The third kappa shape index (κ3) is 9.10. The Morgan fingerprint density at radius 3 is 1.83 bits per heavy atom. The van der Waals surface area contributed by atoms with Gasteiger partial charge >= 0.3 is 0 Å². The van der Waals surface area contributed by atoms with Gasteiger partial charge in [-0.1, -0.05) is 91.2 Å². The van der Waals surface area contributed by atoms with Crippen LogP contribution in [0.25, 0.3) is 0 Å². The first-order valence-electron chi connectivity index (χ1n) is 9.84. The van der Waals surface area contributed by atoms with Gasteiger partial charge in [-0.3, -0.25) is 4.79 Å². The summed E-state index contributed by atoms with van der Waals surface area (Å²) < 4.78 is 0. The molecular weight excluding hydrogens is 294 g/mol. The van der Waals surface area contributed by atoms with Crippen LogP contribution in [0, 0.1) is 0 Å². The number of carbonyl (C=O) groups is 1. The van der Waals surface area contributed by atoms with Crippen molar-refractivity contribution in [2.24, 2.45) is 0 Å². The van der Waals surface area contributed by atoms with Crippen LogP contribution in [-0.4, -0.2) is 5.91 Å². The zero-order valence-corrected chi connectivity index (χ0v) is 16.3. The Kier molecular flexibility index (Phi) is 9.75. The lowest BCUT2D eigenvalue weighted by molar-refractivity contribution is -0.116. The third-order valence-corrected chi connectivity index (χ3v) is 4.54. The maximum absolute atomic E-state index is 12.0. The maximum atomic E-state index is 12.0. The van der Waals surface area contributed by atoms with Crippen LogP contribution in [-0.2, 0) is 10.2 Å². The molecule has 136 valence electrons. The molecule has 0 radical (unpaired) electrons. The highest BCUT2D eigenvalue weighted by molar-refractivity contribution is 5.90. The minimum Gasteiger partial charge on any atom is -0.326 e. The summed E-state index contributed by atoms with van der Waals surface area (Å²) >= 11 is 0. The van der Waals surface area contributed by atoms with Crippen LogP contribution >= 0.6 is 0 Å². The molecule has 0 atom stereocenters. The number of unbranched alkanes of at least 4 members (excludes halogenated alkanes) is 8. The molecule has 1 aromatic rings. The number of amides is 1. The second kappa shape index (κ2) is 11.3. The van der Waals surface area contributed by atoms with Gasteiger partial charge in [-0.2, -0.15) is 0 Å². The lowest BCUT2D eigenvalue weighted by atomic mass is 9.87. The fraction of sp³-hybridized carbons (Fsp3) is 0.682. The molecule has 0 unspecified atom stereocenters. The van der Waals surface area contributed by atoms with Crippen molar-refractivity contribution in [2.75, 3.05) is 5.32 Å². The molecule has 0 bridgehead atoms. The van der Waals surface area contributed by atoms with Crippen LogP contribution < -0.4 is 5.32 Å². The van der Waals surface area contributed by atoms with Crippen molar-refractivity contribution in [1.29, 1.82) is 0 Å². The van der Waals surface area contributed by atoms with Crippen molar-refractivity contribution in [3.05, 3.63) is 29.8 Å². The summed E-state index contributed by atoms with van der Waals surface area (Å²) in [5, 5.41) is 3.01. The maximum Gasteiger partial charge on any atom is 0.224 e. The van der Waals surface area contributed by atoms with E-state index in [0.717, 1.165) is 12.1 Å². The van der Waals surface area contributed by atoms with E-state index in [9.17, 15) is 4.79 Å². The van der Waals surface area contributed by atoms with Gasteiger partial charge in [-0.15, -0.1) is 0 Å². The topological polar surface area (TPSA) is 29.1 Å². The van der Waals surface area contributed by atoms with Gasteiger partial charge in [0.15, 0.2) is 0 Å². The van der Waals surface area contributed by atoms with Crippen molar-refractivity contribution in [3.63, 3.8) is 0 Å².